The third kappa shape index (κ3) is 5.14. The molecule has 12 heteroatoms. The molecule has 0 aromatic heterocycles. The lowest BCUT2D eigenvalue weighted by Gasteiger charge is -2.25. The van der Waals surface area contributed by atoms with Crippen LogP contribution in [0.5, 0.6) is 0 Å². The summed E-state index contributed by atoms with van der Waals surface area (Å²) in [5.41, 5.74) is 0.309. The van der Waals surface area contributed by atoms with Crippen molar-refractivity contribution in [2.75, 3.05) is 12.4 Å². The van der Waals surface area contributed by atoms with Gasteiger partial charge in [-0.05, 0) is 50.4 Å². The molecular formula is C16H14Br3O8S-. The molecule has 2 aliphatic heterocycles. The van der Waals surface area contributed by atoms with Crippen LogP contribution >= 0.6 is 47.8 Å². The van der Waals surface area contributed by atoms with E-state index < -0.39 is 52.5 Å². The van der Waals surface area contributed by atoms with E-state index in [-0.39, 0.29) is 6.10 Å². The summed E-state index contributed by atoms with van der Waals surface area (Å²) in [6.07, 6.45) is -0.687. The largest absolute Gasteiger partial charge is 0.748 e. The van der Waals surface area contributed by atoms with Crippen LogP contribution in [-0.4, -0.2) is 55.6 Å². The normalized spacial score (nSPS) is 26.3. The lowest BCUT2D eigenvalue weighted by atomic mass is 9.87. The Kier molecular flexibility index (Phi) is 6.87. The Morgan fingerprint density at radius 3 is 2.57 bits per heavy atom. The Balaban J connectivity index is 1.64. The van der Waals surface area contributed by atoms with Crippen LogP contribution in [0.15, 0.2) is 25.6 Å². The summed E-state index contributed by atoms with van der Waals surface area (Å²) in [6.45, 7) is -0.512. The lowest BCUT2D eigenvalue weighted by molar-refractivity contribution is -0.151. The quantitative estimate of drug-likeness (QED) is 0.276. The first-order valence-electron chi connectivity index (χ1n) is 8.16. The number of rotatable bonds is 6. The molecule has 0 aliphatic carbocycles. The van der Waals surface area contributed by atoms with Crippen molar-refractivity contribution in [3.63, 3.8) is 0 Å². The Labute approximate surface area is 186 Å². The van der Waals surface area contributed by atoms with Gasteiger partial charge in [0.25, 0.3) is 0 Å². The van der Waals surface area contributed by atoms with Gasteiger partial charge in [-0.3, -0.25) is 4.79 Å². The molecule has 8 nitrogen and oxygen atoms in total. The predicted molar refractivity (Wildman–Crippen MR) is 106 cm³/mol. The molecule has 3 rings (SSSR count). The smallest absolute Gasteiger partial charge is 0.339 e. The average Bonchev–Trinajstić information content (AvgIpc) is 3.17. The van der Waals surface area contributed by atoms with Gasteiger partial charge in [0.05, 0.1) is 33.5 Å². The topological polar surface area (TPSA) is 119 Å². The van der Waals surface area contributed by atoms with Crippen molar-refractivity contribution in [2.24, 2.45) is 5.92 Å². The first kappa shape index (κ1) is 22.2. The molecule has 0 spiro atoms. The summed E-state index contributed by atoms with van der Waals surface area (Å²) in [6, 6.07) is 3.38. The fourth-order valence-electron chi connectivity index (χ4n) is 3.28. The van der Waals surface area contributed by atoms with Crippen molar-refractivity contribution < 1.29 is 36.8 Å². The Morgan fingerprint density at radius 2 is 1.93 bits per heavy atom. The van der Waals surface area contributed by atoms with Crippen LogP contribution < -0.4 is 0 Å². The molecule has 28 heavy (non-hydrogen) atoms. The van der Waals surface area contributed by atoms with Crippen LogP contribution in [0, 0.1) is 5.92 Å². The summed E-state index contributed by atoms with van der Waals surface area (Å²) in [5.74, 6) is -2.70. The maximum Gasteiger partial charge on any atom is 0.339 e. The molecule has 0 amide bonds. The zero-order valence-electron chi connectivity index (χ0n) is 14.1. The molecule has 2 saturated heterocycles. The number of halogens is 3. The SMILES string of the molecule is O=C(OC1CC2CC(C(=O)OCCS(=O)(=O)[O-])C1O2)c1cc(Br)cc(Br)c1Br. The van der Waals surface area contributed by atoms with Crippen LogP contribution in [0.25, 0.3) is 0 Å². The van der Waals surface area contributed by atoms with E-state index in [9.17, 15) is 22.6 Å². The van der Waals surface area contributed by atoms with Crippen LogP contribution in [0.3, 0.4) is 0 Å². The van der Waals surface area contributed by atoms with Crippen molar-refractivity contribution in [3.05, 3.63) is 31.1 Å². The average molecular weight is 606 g/mol. The number of ether oxygens (including phenoxy) is 3. The molecular weight excluding hydrogens is 592 g/mol. The number of fused-ring (bicyclic) bond motifs is 2. The summed E-state index contributed by atoms with van der Waals surface area (Å²) >= 11 is 10.00. The van der Waals surface area contributed by atoms with Crippen LogP contribution in [-0.2, 0) is 29.1 Å². The summed E-state index contributed by atoms with van der Waals surface area (Å²) in [5, 5.41) is 0. The van der Waals surface area contributed by atoms with E-state index in [0.717, 1.165) is 0 Å². The Morgan fingerprint density at radius 1 is 1.21 bits per heavy atom. The molecule has 0 radical (unpaired) electrons. The Bertz CT molecular complexity index is 903. The van der Waals surface area contributed by atoms with Gasteiger partial charge >= 0.3 is 11.9 Å². The highest BCUT2D eigenvalue weighted by atomic mass is 79.9. The first-order valence-corrected chi connectivity index (χ1v) is 12.1. The van der Waals surface area contributed by atoms with Gasteiger partial charge in [0.1, 0.15) is 18.8 Å². The van der Waals surface area contributed by atoms with Gasteiger partial charge in [0, 0.05) is 19.8 Å². The van der Waals surface area contributed by atoms with E-state index in [2.05, 4.69) is 47.8 Å². The highest BCUT2D eigenvalue weighted by molar-refractivity contribution is 9.13. The summed E-state index contributed by atoms with van der Waals surface area (Å²) in [7, 11) is -4.46. The summed E-state index contributed by atoms with van der Waals surface area (Å²) in [4.78, 5) is 24.8. The molecule has 2 bridgehead atoms. The second kappa shape index (κ2) is 8.68. The Hall–Kier alpha value is -0.530. The van der Waals surface area contributed by atoms with E-state index in [1.54, 1.807) is 12.1 Å². The fourth-order valence-corrected chi connectivity index (χ4v) is 5.19. The molecule has 1 aromatic rings. The molecule has 4 unspecified atom stereocenters. The minimum Gasteiger partial charge on any atom is -0.748 e. The number of hydrogen-bond donors (Lipinski definition) is 0. The van der Waals surface area contributed by atoms with Crippen LogP contribution in [0.4, 0.5) is 0 Å². The second-order valence-electron chi connectivity index (χ2n) is 6.42. The maximum atomic E-state index is 12.6. The zero-order chi connectivity index (χ0) is 20.6. The van der Waals surface area contributed by atoms with Crippen LogP contribution in [0.2, 0.25) is 0 Å². The highest BCUT2D eigenvalue weighted by Gasteiger charge is 2.53. The van der Waals surface area contributed by atoms with Gasteiger partial charge < -0.3 is 18.8 Å². The molecule has 154 valence electrons. The minimum absolute atomic E-state index is 0.249. The monoisotopic (exact) mass is 603 g/mol. The number of esters is 2. The van der Waals surface area contributed by atoms with E-state index in [1.807, 2.05) is 0 Å². The van der Waals surface area contributed by atoms with Crippen molar-refractivity contribution in [3.8, 4) is 0 Å². The maximum absolute atomic E-state index is 12.6. The third-order valence-electron chi connectivity index (χ3n) is 4.48. The van der Waals surface area contributed by atoms with Gasteiger partial charge in [-0.2, -0.15) is 0 Å². The predicted octanol–water partition coefficient (Wildman–Crippen LogP) is 2.77. The van der Waals surface area contributed by atoms with E-state index >= 15 is 0 Å². The molecule has 0 saturated carbocycles. The van der Waals surface area contributed by atoms with Crippen molar-refractivity contribution in [1.82, 2.24) is 0 Å². The molecule has 2 fully saturated rings. The van der Waals surface area contributed by atoms with Crippen molar-refractivity contribution in [2.45, 2.75) is 31.2 Å². The second-order valence-corrected chi connectivity index (χ2v) is 10.5. The molecule has 0 N–H and O–H groups in total. The van der Waals surface area contributed by atoms with Gasteiger partial charge in [-0.1, -0.05) is 15.9 Å². The van der Waals surface area contributed by atoms with Crippen molar-refractivity contribution in [1.29, 1.82) is 0 Å². The molecule has 4 atom stereocenters. The van der Waals surface area contributed by atoms with Gasteiger partial charge in [-0.15, -0.1) is 0 Å². The zero-order valence-corrected chi connectivity index (χ0v) is 19.7. The van der Waals surface area contributed by atoms with E-state index in [0.29, 0.717) is 31.8 Å². The first-order chi connectivity index (χ1) is 13.0. The number of carbonyl (C=O) groups is 2. The lowest BCUT2D eigenvalue weighted by Crippen LogP contribution is -2.39. The number of hydrogen-bond acceptors (Lipinski definition) is 8. The minimum atomic E-state index is -4.46. The van der Waals surface area contributed by atoms with Crippen LogP contribution in [0.1, 0.15) is 23.2 Å². The number of carbonyl (C=O) groups excluding carboxylic acids is 2. The van der Waals surface area contributed by atoms with E-state index in [1.165, 1.54) is 0 Å². The molecule has 2 heterocycles. The van der Waals surface area contributed by atoms with Gasteiger partial charge in [0.15, 0.2) is 0 Å². The molecule has 1 aromatic carbocycles. The number of benzene rings is 1. The third-order valence-corrected chi connectivity index (χ3v) is 7.61. The highest BCUT2D eigenvalue weighted by Crippen LogP contribution is 2.42. The van der Waals surface area contributed by atoms with Crippen molar-refractivity contribution >= 4 is 69.8 Å². The summed E-state index contributed by atoms with van der Waals surface area (Å²) < 4.78 is 49.9. The van der Waals surface area contributed by atoms with Gasteiger partial charge in [0.2, 0.25) is 0 Å². The van der Waals surface area contributed by atoms with Gasteiger partial charge in [-0.25, -0.2) is 13.2 Å². The fraction of sp³-hybridized carbons (Fsp3) is 0.500. The molecule has 2 aliphatic rings. The van der Waals surface area contributed by atoms with E-state index in [4.69, 9.17) is 14.2 Å². The standard InChI is InChI=1S/C16H15Br3O8S/c17-7-3-9(13(19)11(18)4-7)16(21)27-12-6-8-5-10(14(12)26-8)15(20)25-1-2-28(22,23)24/h3-4,8,10,12,14H,1-2,5-6H2,(H,22,23,24)/p-1.